The number of methoxy groups -OCH3 is 1. The van der Waals surface area contributed by atoms with Gasteiger partial charge in [-0.15, -0.1) is 0 Å². The van der Waals surface area contributed by atoms with Crippen molar-refractivity contribution in [2.45, 2.75) is 26.7 Å². The number of aryl methyl sites for hydroxylation is 1. The molecule has 0 saturated heterocycles. The van der Waals surface area contributed by atoms with Gasteiger partial charge in [0.05, 0.1) is 7.11 Å². The molecule has 0 saturated carbocycles. The number of aromatic nitrogens is 2. The van der Waals surface area contributed by atoms with Crippen molar-refractivity contribution < 1.29 is 14.6 Å². The molecule has 5 heteroatoms. The SMILES string of the molecule is COc1ccc(-c2n[nH]c(C)c2C(=O)O)cc1C(C)C. The van der Waals surface area contributed by atoms with E-state index in [0.29, 0.717) is 11.4 Å². The Morgan fingerprint density at radius 3 is 2.65 bits per heavy atom. The Morgan fingerprint density at radius 1 is 1.40 bits per heavy atom. The van der Waals surface area contributed by atoms with E-state index in [4.69, 9.17) is 4.74 Å². The lowest BCUT2D eigenvalue weighted by atomic mass is 9.97. The van der Waals surface area contributed by atoms with Crippen molar-refractivity contribution in [2.24, 2.45) is 0 Å². The Morgan fingerprint density at radius 2 is 2.10 bits per heavy atom. The van der Waals surface area contributed by atoms with Gasteiger partial charge in [-0.3, -0.25) is 5.10 Å². The number of carbonyl (C=O) groups is 1. The number of ether oxygens (including phenoxy) is 1. The third kappa shape index (κ3) is 2.39. The molecule has 2 aromatic rings. The number of hydrogen-bond acceptors (Lipinski definition) is 3. The van der Waals surface area contributed by atoms with Gasteiger partial charge in [-0.2, -0.15) is 5.10 Å². The first kappa shape index (κ1) is 14.1. The summed E-state index contributed by atoms with van der Waals surface area (Å²) < 4.78 is 5.34. The minimum absolute atomic E-state index is 0.213. The van der Waals surface area contributed by atoms with Crippen molar-refractivity contribution in [3.05, 3.63) is 35.0 Å². The van der Waals surface area contributed by atoms with E-state index < -0.39 is 5.97 Å². The largest absolute Gasteiger partial charge is 0.496 e. The molecule has 0 bridgehead atoms. The van der Waals surface area contributed by atoms with Crippen LogP contribution in [0.3, 0.4) is 0 Å². The quantitative estimate of drug-likeness (QED) is 0.897. The highest BCUT2D eigenvalue weighted by Gasteiger charge is 2.20. The average Bonchev–Trinajstić information content (AvgIpc) is 2.79. The zero-order valence-electron chi connectivity index (χ0n) is 12.0. The van der Waals surface area contributed by atoms with E-state index >= 15 is 0 Å². The van der Waals surface area contributed by atoms with Gasteiger partial charge >= 0.3 is 5.97 Å². The minimum Gasteiger partial charge on any atom is -0.496 e. The lowest BCUT2D eigenvalue weighted by Crippen LogP contribution is -2.00. The van der Waals surface area contributed by atoms with Gasteiger partial charge in [-0.05, 0) is 36.6 Å². The summed E-state index contributed by atoms with van der Waals surface area (Å²) in [6.45, 7) is 5.83. The van der Waals surface area contributed by atoms with Gasteiger partial charge in [0, 0.05) is 11.3 Å². The molecule has 1 aromatic carbocycles. The van der Waals surface area contributed by atoms with Crippen LogP contribution in [0, 0.1) is 6.92 Å². The standard InChI is InChI=1S/C15H18N2O3/c1-8(2)11-7-10(5-6-12(11)20-4)14-13(15(18)19)9(3)16-17-14/h5-8H,1-4H3,(H,16,17)(H,18,19). The molecule has 0 amide bonds. The van der Waals surface area contributed by atoms with E-state index in [1.54, 1.807) is 14.0 Å². The normalized spacial score (nSPS) is 10.8. The van der Waals surface area contributed by atoms with Crippen molar-refractivity contribution in [1.82, 2.24) is 10.2 Å². The van der Waals surface area contributed by atoms with Crippen LogP contribution in [0.4, 0.5) is 0 Å². The van der Waals surface area contributed by atoms with Gasteiger partial charge in [-0.25, -0.2) is 4.79 Å². The maximum atomic E-state index is 11.3. The first-order valence-electron chi connectivity index (χ1n) is 6.42. The zero-order chi connectivity index (χ0) is 14.9. The van der Waals surface area contributed by atoms with Gasteiger partial charge in [-0.1, -0.05) is 13.8 Å². The summed E-state index contributed by atoms with van der Waals surface area (Å²) in [6.07, 6.45) is 0. The minimum atomic E-state index is -0.979. The number of nitrogens with zero attached hydrogens (tertiary/aromatic N) is 1. The first-order chi connectivity index (χ1) is 9.45. The molecule has 1 heterocycles. The molecule has 20 heavy (non-hydrogen) atoms. The Kier molecular flexibility index (Phi) is 3.79. The first-order valence-corrected chi connectivity index (χ1v) is 6.42. The van der Waals surface area contributed by atoms with E-state index in [0.717, 1.165) is 16.9 Å². The molecule has 0 atom stereocenters. The predicted molar refractivity (Wildman–Crippen MR) is 76.4 cm³/mol. The zero-order valence-corrected chi connectivity index (χ0v) is 12.0. The summed E-state index contributed by atoms with van der Waals surface area (Å²) in [5.41, 5.74) is 3.03. The van der Waals surface area contributed by atoms with Crippen LogP contribution in [-0.2, 0) is 0 Å². The number of aromatic amines is 1. The fourth-order valence-corrected chi connectivity index (χ4v) is 2.23. The summed E-state index contributed by atoms with van der Waals surface area (Å²) in [6, 6.07) is 5.61. The Hall–Kier alpha value is -2.30. The lowest BCUT2D eigenvalue weighted by Gasteiger charge is -2.13. The van der Waals surface area contributed by atoms with Crippen LogP contribution in [-0.4, -0.2) is 28.4 Å². The van der Waals surface area contributed by atoms with E-state index in [2.05, 4.69) is 24.0 Å². The smallest absolute Gasteiger partial charge is 0.339 e. The van der Waals surface area contributed by atoms with Gasteiger partial charge in [0.1, 0.15) is 17.0 Å². The molecular weight excluding hydrogens is 256 g/mol. The van der Waals surface area contributed by atoms with Gasteiger partial charge in [0.2, 0.25) is 0 Å². The van der Waals surface area contributed by atoms with Crippen LogP contribution in [0.15, 0.2) is 18.2 Å². The molecular formula is C15H18N2O3. The molecule has 0 aliphatic rings. The van der Waals surface area contributed by atoms with Crippen LogP contribution < -0.4 is 4.74 Å². The summed E-state index contributed by atoms with van der Waals surface area (Å²) in [7, 11) is 1.63. The monoisotopic (exact) mass is 274 g/mol. The molecule has 0 fully saturated rings. The molecule has 0 aliphatic carbocycles. The van der Waals surface area contributed by atoms with E-state index in [1.807, 2.05) is 18.2 Å². The average molecular weight is 274 g/mol. The second kappa shape index (κ2) is 5.36. The number of H-pyrrole nitrogens is 1. The number of nitrogens with one attached hydrogen (secondary N) is 1. The number of aromatic carboxylic acids is 1. The summed E-state index contributed by atoms with van der Waals surface area (Å²) in [5.74, 6) is 0.0965. The topological polar surface area (TPSA) is 75.2 Å². The molecule has 5 nitrogen and oxygen atoms in total. The number of carboxylic acid groups (broad SMARTS) is 1. The molecule has 0 spiro atoms. The molecule has 2 N–H and O–H groups in total. The highest BCUT2D eigenvalue weighted by Crippen LogP contribution is 2.32. The summed E-state index contributed by atoms with van der Waals surface area (Å²) in [5, 5.41) is 16.1. The third-order valence-corrected chi connectivity index (χ3v) is 3.29. The van der Waals surface area contributed by atoms with Crippen molar-refractivity contribution >= 4 is 5.97 Å². The highest BCUT2D eigenvalue weighted by molar-refractivity contribution is 5.96. The van der Waals surface area contributed by atoms with Crippen molar-refractivity contribution in [1.29, 1.82) is 0 Å². The van der Waals surface area contributed by atoms with Crippen molar-refractivity contribution in [3.8, 4) is 17.0 Å². The van der Waals surface area contributed by atoms with Crippen LogP contribution in [0.5, 0.6) is 5.75 Å². The van der Waals surface area contributed by atoms with Crippen molar-refractivity contribution in [2.75, 3.05) is 7.11 Å². The van der Waals surface area contributed by atoms with E-state index in [1.165, 1.54) is 0 Å². The molecule has 0 aliphatic heterocycles. The third-order valence-electron chi connectivity index (χ3n) is 3.29. The fraction of sp³-hybridized carbons (Fsp3) is 0.333. The van der Waals surface area contributed by atoms with Gasteiger partial charge in [0.25, 0.3) is 0 Å². The number of benzene rings is 1. The van der Waals surface area contributed by atoms with E-state index in [-0.39, 0.29) is 11.5 Å². The van der Waals surface area contributed by atoms with Gasteiger partial charge in [0.15, 0.2) is 0 Å². The predicted octanol–water partition coefficient (Wildman–Crippen LogP) is 3.22. The molecule has 0 radical (unpaired) electrons. The highest BCUT2D eigenvalue weighted by atomic mass is 16.5. The van der Waals surface area contributed by atoms with Crippen molar-refractivity contribution in [3.63, 3.8) is 0 Å². The van der Waals surface area contributed by atoms with E-state index in [9.17, 15) is 9.90 Å². The Labute approximate surface area is 117 Å². The van der Waals surface area contributed by atoms with Gasteiger partial charge < -0.3 is 9.84 Å². The number of rotatable bonds is 4. The molecule has 1 aromatic heterocycles. The molecule has 106 valence electrons. The second-order valence-electron chi connectivity index (χ2n) is 4.99. The fourth-order valence-electron chi connectivity index (χ4n) is 2.23. The van der Waals surface area contributed by atoms with Crippen LogP contribution >= 0.6 is 0 Å². The summed E-state index contributed by atoms with van der Waals surface area (Å²) >= 11 is 0. The molecule has 2 rings (SSSR count). The molecule has 0 unspecified atom stereocenters. The Bertz CT molecular complexity index is 645. The van der Waals surface area contributed by atoms with Crippen LogP contribution in [0.2, 0.25) is 0 Å². The summed E-state index contributed by atoms with van der Waals surface area (Å²) in [4.78, 5) is 11.3. The Balaban J connectivity index is 2.59. The van der Waals surface area contributed by atoms with Crippen LogP contribution in [0.1, 0.15) is 41.4 Å². The number of hydrogen-bond donors (Lipinski definition) is 2. The lowest BCUT2D eigenvalue weighted by molar-refractivity contribution is 0.0697. The van der Waals surface area contributed by atoms with Crippen LogP contribution in [0.25, 0.3) is 11.3 Å². The number of carboxylic acids is 1. The maximum absolute atomic E-state index is 11.3. The maximum Gasteiger partial charge on any atom is 0.339 e. The second-order valence-corrected chi connectivity index (χ2v) is 4.99.